The molecule has 0 unspecified atom stereocenters. The van der Waals surface area contributed by atoms with Gasteiger partial charge in [0.2, 0.25) is 0 Å². The van der Waals surface area contributed by atoms with Crippen molar-refractivity contribution in [1.29, 1.82) is 0 Å². The minimum absolute atomic E-state index is 1.15. The zero-order chi connectivity index (χ0) is 10.1. The van der Waals surface area contributed by atoms with Crippen molar-refractivity contribution in [1.82, 2.24) is 0 Å². The molecule has 0 amide bonds. The van der Waals surface area contributed by atoms with E-state index in [1.807, 2.05) is 47.6 Å². The highest BCUT2D eigenvalue weighted by molar-refractivity contribution is 4.63. The Labute approximate surface area is 74.7 Å². The van der Waals surface area contributed by atoms with Crippen LogP contribution in [0.1, 0.15) is 61.3 Å². The molecule has 11 heavy (non-hydrogen) atoms. The third-order valence-corrected chi connectivity index (χ3v) is 0.493. The quantitative estimate of drug-likeness (QED) is 0.496. The summed E-state index contributed by atoms with van der Waals surface area (Å²) in [6, 6.07) is 0. The first-order valence-electron chi connectivity index (χ1n) is 5.02. The Bertz CT molecular complexity index is 21.2. The van der Waals surface area contributed by atoms with Gasteiger partial charge in [0.05, 0.1) is 0 Å². The van der Waals surface area contributed by atoms with Crippen LogP contribution in [-0.4, -0.2) is 0 Å². The molecule has 0 aliphatic heterocycles. The Kier molecular flexibility index (Phi) is 202. The lowest BCUT2D eigenvalue weighted by molar-refractivity contribution is 0.961. The highest BCUT2D eigenvalue weighted by Crippen LogP contribution is 1.82. The molecule has 0 aromatic heterocycles. The van der Waals surface area contributed by atoms with Gasteiger partial charge in [-0.25, -0.2) is 0 Å². The van der Waals surface area contributed by atoms with Crippen LogP contribution in [0.5, 0.6) is 0 Å². The highest BCUT2D eigenvalue weighted by atomic mass is 13.7. The Morgan fingerprint density at radius 3 is 1.18 bits per heavy atom. The van der Waals surface area contributed by atoms with E-state index in [2.05, 4.69) is 13.5 Å². The van der Waals surface area contributed by atoms with Crippen LogP contribution in [0.3, 0.4) is 0 Å². The summed E-state index contributed by atoms with van der Waals surface area (Å²) in [4.78, 5) is 0. The Morgan fingerprint density at radius 1 is 0.909 bits per heavy atom. The minimum Gasteiger partial charge on any atom is -0.103 e. The van der Waals surface area contributed by atoms with Gasteiger partial charge < -0.3 is 0 Å². The smallest absolute Gasteiger partial charge is 0.0356 e. The summed E-state index contributed by atoms with van der Waals surface area (Å²) in [5.41, 5.74) is 0. The molecule has 0 aliphatic carbocycles. The predicted octanol–water partition coefficient (Wildman–Crippen LogP) is 5.05. The van der Waals surface area contributed by atoms with Gasteiger partial charge >= 0.3 is 0 Å². The van der Waals surface area contributed by atoms with Crippen molar-refractivity contribution in [3.8, 4) is 0 Å². The summed E-state index contributed by atoms with van der Waals surface area (Å²) in [6.45, 7) is 17.7. The van der Waals surface area contributed by atoms with Crippen LogP contribution in [-0.2, 0) is 0 Å². The Morgan fingerprint density at radius 2 is 1.18 bits per heavy atom. The van der Waals surface area contributed by atoms with E-state index in [-0.39, 0.29) is 0 Å². The molecule has 0 nitrogen and oxygen atoms in total. The van der Waals surface area contributed by atoms with Crippen molar-refractivity contribution in [2.45, 2.75) is 61.3 Å². The standard InChI is InChI=1S/C5H10.3C2H6/c1-3-5-4-2;3*1-2/h3H,1,4-5H2,2H3;3*1-2H3. The molecule has 0 atom stereocenters. The lowest BCUT2D eigenvalue weighted by Gasteiger charge is -1.72. The maximum absolute atomic E-state index is 3.55. The Balaban J connectivity index is -0.0000000350. The van der Waals surface area contributed by atoms with Crippen molar-refractivity contribution in [2.75, 3.05) is 0 Å². The largest absolute Gasteiger partial charge is 0.103 e. The van der Waals surface area contributed by atoms with Gasteiger partial charge in [0.1, 0.15) is 0 Å². The zero-order valence-corrected chi connectivity index (χ0v) is 9.70. The molecule has 0 heterocycles. The van der Waals surface area contributed by atoms with E-state index in [1.54, 1.807) is 0 Å². The molecule has 0 aromatic carbocycles. The molecule has 0 radical (unpaired) electrons. The average molecular weight is 160 g/mol. The number of rotatable bonds is 2. The van der Waals surface area contributed by atoms with Gasteiger partial charge in [0.25, 0.3) is 0 Å². The molecule has 0 spiro atoms. The van der Waals surface area contributed by atoms with Crippen LogP contribution < -0.4 is 0 Å². The van der Waals surface area contributed by atoms with Crippen molar-refractivity contribution in [3.63, 3.8) is 0 Å². The van der Waals surface area contributed by atoms with Gasteiger partial charge in [0.15, 0.2) is 0 Å². The minimum atomic E-state index is 1.15. The van der Waals surface area contributed by atoms with Crippen LogP contribution in [0, 0.1) is 0 Å². The fraction of sp³-hybridized carbons (Fsp3) is 0.818. The molecule has 0 fully saturated rings. The topological polar surface area (TPSA) is 0 Å². The van der Waals surface area contributed by atoms with E-state index in [1.165, 1.54) is 6.42 Å². The van der Waals surface area contributed by atoms with E-state index in [9.17, 15) is 0 Å². The van der Waals surface area contributed by atoms with Gasteiger partial charge in [-0.15, -0.1) is 6.58 Å². The van der Waals surface area contributed by atoms with E-state index in [0.29, 0.717) is 0 Å². The number of allylic oxidation sites excluding steroid dienone is 1. The molecular formula is C11H28. The number of unbranched alkanes of at least 4 members (excludes halogenated alkanes) is 1. The van der Waals surface area contributed by atoms with Crippen molar-refractivity contribution in [3.05, 3.63) is 12.7 Å². The first-order chi connectivity index (χ1) is 5.41. The van der Waals surface area contributed by atoms with Crippen LogP contribution in [0.15, 0.2) is 12.7 Å². The number of hydrogen-bond acceptors (Lipinski definition) is 0. The van der Waals surface area contributed by atoms with Gasteiger partial charge in [-0.1, -0.05) is 61.0 Å². The molecule has 72 valence electrons. The summed E-state index contributed by atoms with van der Waals surface area (Å²) in [7, 11) is 0. The van der Waals surface area contributed by atoms with Gasteiger partial charge in [-0.3, -0.25) is 0 Å². The summed E-state index contributed by atoms with van der Waals surface area (Å²) in [5, 5.41) is 0. The maximum Gasteiger partial charge on any atom is -0.0356 e. The first kappa shape index (κ1) is 22.4. The SMILES string of the molecule is C=CCCC.CC.CC.CC. The normalized spacial score (nSPS) is 5.00. The van der Waals surface area contributed by atoms with E-state index < -0.39 is 0 Å². The second kappa shape index (κ2) is 99.1. The molecule has 0 heteroatoms. The van der Waals surface area contributed by atoms with Crippen molar-refractivity contribution >= 4 is 0 Å². The van der Waals surface area contributed by atoms with Crippen LogP contribution in [0.4, 0.5) is 0 Å². The molecule has 0 aromatic rings. The second-order valence-corrected chi connectivity index (χ2v) is 1.08. The second-order valence-electron chi connectivity index (χ2n) is 1.08. The number of hydrogen-bond donors (Lipinski definition) is 0. The first-order valence-corrected chi connectivity index (χ1v) is 5.02. The molecule has 0 saturated carbocycles. The van der Waals surface area contributed by atoms with Crippen LogP contribution in [0.2, 0.25) is 0 Å². The van der Waals surface area contributed by atoms with E-state index in [4.69, 9.17) is 0 Å². The molecule has 0 N–H and O–H groups in total. The summed E-state index contributed by atoms with van der Waals surface area (Å²) < 4.78 is 0. The summed E-state index contributed by atoms with van der Waals surface area (Å²) in [5.74, 6) is 0. The van der Waals surface area contributed by atoms with Crippen molar-refractivity contribution < 1.29 is 0 Å². The molecule has 0 saturated heterocycles. The lowest BCUT2D eigenvalue weighted by Crippen LogP contribution is -1.52. The molecule has 0 rings (SSSR count). The Hall–Kier alpha value is -0.260. The summed E-state index contributed by atoms with van der Waals surface area (Å²) in [6.07, 6.45) is 4.31. The van der Waals surface area contributed by atoms with E-state index in [0.717, 1.165) is 6.42 Å². The van der Waals surface area contributed by atoms with Crippen LogP contribution >= 0.6 is 0 Å². The fourth-order valence-corrected chi connectivity index (χ4v) is 0.204. The zero-order valence-electron chi connectivity index (χ0n) is 9.70. The molecule has 0 aliphatic rings. The van der Waals surface area contributed by atoms with Gasteiger partial charge in [-0.2, -0.15) is 0 Å². The van der Waals surface area contributed by atoms with Gasteiger partial charge in [-0.05, 0) is 6.42 Å². The predicted molar refractivity (Wildman–Crippen MR) is 59.1 cm³/mol. The third-order valence-electron chi connectivity index (χ3n) is 0.493. The molecular weight excluding hydrogens is 132 g/mol. The monoisotopic (exact) mass is 160 g/mol. The summed E-state index contributed by atoms with van der Waals surface area (Å²) >= 11 is 0. The highest BCUT2D eigenvalue weighted by Gasteiger charge is 1.61. The maximum atomic E-state index is 3.55. The third kappa shape index (κ3) is 193. The van der Waals surface area contributed by atoms with Crippen molar-refractivity contribution in [2.24, 2.45) is 0 Å². The van der Waals surface area contributed by atoms with Crippen LogP contribution in [0.25, 0.3) is 0 Å². The van der Waals surface area contributed by atoms with Gasteiger partial charge in [0, 0.05) is 0 Å². The lowest BCUT2D eigenvalue weighted by atomic mass is 10.3. The van der Waals surface area contributed by atoms with E-state index >= 15 is 0 Å². The average Bonchev–Trinajstić information content (AvgIpc) is 2.16. The fourth-order valence-electron chi connectivity index (χ4n) is 0.204. The molecule has 0 bridgehead atoms.